The molecule has 0 aromatic heterocycles. The van der Waals surface area contributed by atoms with Crippen LogP contribution in [0.4, 0.5) is 16.2 Å². The van der Waals surface area contributed by atoms with Gasteiger partial charge in [-0.3, -0.25) is 0 Å². The van der Waals surface area contributed by atoms with E-state index in [1.165, 1.54) is 0 Å². The number of rotatable bonds is 3. The van der Waals surface area contributed by atoms with E-state index in [-0.39, 0.29) is 11.5 Å². The molecule has 0 saturated heterocycles. The number of nitrogens with one attached hydrogen (secondary N) is 1. The Morgan fingerprint density at radius 1 is 1.21 bits per heavy atom. The van der Waals surface area contributed by atoms with Crippen LogP contribution in [0.25, 0.3) is 0 Å². The Morgan fingerprint density at radius 3 is 2.12 bits per heavy atom. The Morgan fingerprint density at radius 2 is 1.71 bits per heavy atom. The van der Waals surface area contributed by atoms with Crippen LogP contribution in [0.3, 0.4) is 0 Å². The summed E-state index contributed by atoms with van der Waals surface area (Å²) >= 11 is 0. The molecule has 7 heteroatoms. The van der Waals surface area contributed by atoms with Crippen LogP contribution in [0.5, 0.6) is 0 Å². The number of ether oxygens (including phenoxy) is 1. The summed E-state index contributed by atoms with van der Waals surface area (Å²) in [5.41, 5.74) is 12.5. The number of hydrogen-bond donors (Lipinski definition) is 3. The van der Waals surface area contributed by atoms with E-state index in [2.05, 4.69) is 11.1 Å². The molecule has 0 atom stereocenters. The smallest absolute Gasteiger partial charge is 0.0683 e. The summed E-state index contributed by atoms with van der Waals surface area (Å²) in [6.07, 6.45) is -0.510. The van der Waals surface area contributed by atoms with E-state index in [0.717, 1.165) is 5.69 Å². The number of anilines is 2. The van der Waals surface area contributed by atoms with E-state index in [0.29, 0.717) is 5.69 Å². The van der Waals surface area contributed by atoms with E-state index in [1.54, 1.807) is 57.0 Å². The third-order valence-corrected chi connectivity index (χ3v) is 2.69. The van der Waals surface area contributed by atoms with E-state index in [1.807, 2.05) is 13.8 Å². The van der Waals surface area contributed by atoms with Crippen LogP contribution in [-0.2, 0) is 4.74 Å². The number of hydrogen-bond acceptors (Lipinski definition) is 5. The zero-order chi connectivity index (χ0) is 18.9. The minimum absolute atomic E-state index is 0.165. The van der Waals surface area contributed by atoms with Crippen LogP contribution >= 0.6 is 0 Å². The standard InChI is InChI=1S/C15H21BN4O2.C2H6/c1-15(2,3)22-14(21)19-10-5-7-11(8-6-10)20(4)13(18)12(17)9-16;1-2/h5-8H,17-18H2,1-4H3,(H,19,21);1-2H3/b13-12-;. The van der Waals surface area contributed by atoms with E-state index in [9.17, 15) is 4.79 Å². The van der Waals surface area contributed by atoms with Gasteiger partial charge in [0.25, 0.3) is 0 Å². The first-order valence-electron chi connectivity index (χ1n) is 7.69. The molecule has 0 radical (unpaired) electrons. The van der Waals surface area contributed by atoms with Gasteiger partial charge in [-0.05, 0) is 20.8 Å². The van der Waals surface area contributed by atoms with Gasteiger partial charge in [0.1, 0.15) is 0 Å². The third-order valence-electron chi connectivity index (χ3n) is 2.69. The van der Waals surface area contributed by atoms with Crippen LogP contribution in [0, 0.1) is 5.80 Å². The molecule has 24 heavy (non-hydrogen) atoms. The average Bonchev–Trinajstić information content (AvgIpc) is 2.53. The summed E-state index contributed by atoms with van der Waals surface area (Å²) < 4.78 is 5.18. The molecule has 130 valence electrons. The van der Waals surface area contributed by atoms with Gasteiger partial charge in [0.2, 0.25) is 0 Å². The molecular formula is C17H27BN4O2. The van der Waals surface area contributed by atoms with Crippen LogP contribution in [0.15, 0.2) is 35.8 Å². The van der Waals surface area contributed by atoms with Gasteiger partial charge < -0.3 is 0 Å². The SMILES string of the molecule is B#C/C(N)=C(\N)N(C)c1ccc(NC(=O)OC(C)(C)C)cc1.CC. The first kappa shape index (κ1) is 21.5. The number of benzene rings is 1. The zero-order valence-electron chi connectivity index (χ0n) is 15.3. The Labute approximate surface area is 145 Å². The summed E-state index contributed by atoms with van der Waals surface area (Å²) in [4.78, 5) is 13.3. The second kappa shape index (κ2) is 9.58. The molecule has 5 N–H and O–H groups in total. The minimum Gasteiger partial charge on any atom is -0.0683 e. The maximum Gasteiger partial charge on any atom is -0.0683 e. The minimum atomic E-state index is -0.545. The maximum absolute atomic E-state index is 11.7. The summed E-state index contributed by atoms with van der Waals surface area (Å²) in [7, 11) is 6.96. The number of nitrogens with zero attached hydrogens (tertiary/aromatic N) is 1. The predicted molar refractivity (Wildman–Crippen MR) is 101 cm³/mol. The summed E-state index contributed by atoms with van der Waals surface area (Å²) in [6.45, 7) is 9.40. The van der Waals surface area contributed by atoms with Crippen molar-refractivity contribution in [3.8, 4) is 5.80 Å². The molecule has 1 rings (SSSR count). The van der Waals surface area contributed by atoms with Crippen molar-refractivity contribution < 1.29 is 9.53 Å². The first-order chi connectivity index (χ1) is 11.1. The van der Waals surface area contributed by atoms with Gasteiger partial charge in [0.05, 0.1) is 0 Å². The molecule has 0 saturated carbocycles. The van der Waals surface area contributed by atoms with Crippen LogP contribution in [-0.4, -0.2) is 26.1 Å². The monoisotopic (exact) mass is 330 g/mol. The van der Waals surface area contributed by atoms with Gasteiger partial charge in [-0.1, -0.05) is 13.8 Å². The van der Waals surface area contributed by atoms with E-state index in [4.69, 9.17) is 23.5 Å². The molecule has 0 spiro atoms. The fourth-order valence-electron chi connectivity index (χ4n) is 1.58. The predicted octanol–water partition coefficient (Wildman–Crippen LogP) is 2.71. The molecule has 1 aromatic rings. The topological polar surface area (TPSA) is 93.6 Å². The molecule has 0 bridgehead atoms. The van der Waals surface area contributed by atoms with Crippen molar-refractivity contribution in [2.24, 2.45) is 11.5 Å². The van der Waals surface area contributed by atoms with Gasteiger partial charge >= 0.3 is 110 Å². The molecule has 0 unspecified atom stereocenters. The molecule has 0 fully saturated rings. The Kier molecular flexibility index (Phi) is 8.57. The van der Waals surface area contributed by atoms with Crippen molar-refractivity contribution >= 4 is 24.8 Å². The maximum atomic E-state index is 11.7. The number of allylic oxidation sites excluding steroid dienone is 1. The quantitative estimate of drug-likeness (QED) is 0.741. The van der Waals surface area contributed by atoms with Crippen molar-refractivity contribution in [2.45, 2.75) is 40.2 Å². The Hall–Kier alpha value is -2.53. The Balaban J connectivity index is 0.00000254. The van der Waals surface area contributed by atoms with Crippen molar-refractivity contribution in [1.29, 1.82) is 0 Å². The molecular weight excluding hydrogens is 303 g/mol. The van der Waals surface area contributed by atoms with Gasteiger partial charge in [0, 0.05) is 0 Å². The van der Waals surface area contributed by atoms with Crippen molar-refractivity contribution in [1.82, 2.24) is 0 Å². The van der Waals surface area contributed by atoms with Crippen molar-refractivity contribution in [2.75, 3.05) is 17.3 Å². The molecule has 0 aliphatic heterocycles. The summed E-state index contributed by atoms with van der Waals surface area (Å²) in [6, 6.07) is 7.02. The number of carbonyl (C=O) groups excluding carboxylic acids is 1. The number of nitrogens with two attached hydrogens (primary N) is 2. The third kappa shape index (κ3) is 7.16. The van der Waals surface area contributed by atoms with Crippen LogP contribution in [0.2, 0.25) is 0 Å². The first-order valence-corrected chi connectivity index (χ1v) is 7.69. The normalized spacial score (nSPS) is 11.3. The van der Waals surface area contributed by atoms with E-state index < -0.39 is 11.7 Å². The number of carbonyl (C=O) groups is 1. The fourth-order valence-corrected chi connectivity index (χ4v) is 1.58. The second-order valence-electron chi connectivity index (χ2n) is 5.68. The van der Waals surface area contributed by atoms with E-state index >= 15 is 0 Å². The fraction of sp³-hybridized carbons (Fsp3) is 0.412. The largest absolute Gasteiger partial charge is 0.0683 e. The zero-order valence-corrected chi connectivity index (χ0v) is 15.3. The molecule has 0 aliphatic rings. The molecule has 1 aromatic carbocycles. The molecule has 0 heterocycles. The van der Waals surface area contributed by atoms with Crippen LogP contribution in [0.1, 0.15) is 34.6 Å². The second-order valence-corrected chi connectivity index (χ2v) is 5.68. The van der Waals surface area contributed by atoms with Crippen LogP contribution < -0.4 is 21.7 Å². The van der Waals surface area contributed by atoms with Gasteiger partial charge in [-0.15, -0.1) is 0 Å². The van der Waals surface area contributed by atoms with Crippen molar-refractivity contribution in [3.05, 3.63) is 35.8 Å². The van der Waals surface area contributed by atoms with Gasteiger partial charge in [-0.2, -0.15) is 0 Å². The molecule has 0 aliphatic carbocycles. The Bertz CT molecular complexity index is 613. The summed E-state index contributed by atoms with van der Waals surface area (Å²) in [5, 5.41) is 2.65. The van der Waals surface area contributed by atoms with Gasteiger partial charge in [-0.25, -0.2) is 0 Å². The van der Waals surface area contributed by atoms with Gasteiger partial charge in [0.15, 0.2) is 0 Å². The summed E-state index contributed by atoms with van der Waals surface area (Å²) in [5.74, 6) is 2.58. The average molecular weight is 330 g/mol. The molecule has 1 amide bonds. The number of amides is 1. The molecule has 6 nitrogen and oxygen atoms in total. The van der Waals surface area contributed by atoms with Crippen molar-refractivity contribution in [3.63, 3.8) is 0 Å².